The van der Waals surface area contributed by atoms with E-state index < -0.39 is 0 Å². The fraction of sp³-hybridized carbons (Fsp3) is 0.478. The van der Waals surface area contributed by atoms with Crippen LogP contribution in [0.15, 0.2) is 42.5 Å². The van der Waals surface area contributed by atoms with E-state index in [2.05, 4.69) is 61.4 Å². The molecule has 0 atom stereocenters. The molecule has 0 radical (unpaired) electrons. The Morgan fingerprint density at radius 2 is 1.56 bits per heavy atom. The van der Waals surface area contributed by atoms with E-state index >= 15 is 0 Å². The second-order valence-electron chi connectivity index (χ2n) is 7.58. The number of rotatable bonds is 10. The van der Waals surface area contributed by atoms with Crippen LogP contribution >= 0.6 is 0 Å². The molecule has 2 rings (SSSR count). The molecule has 0 aliphatic heterocycles. The van der Waals surface area contributed by atoms with Gasteiger partial charge in [-0.3, -0.25) is 4.90 Å². The molecule has 0 aliphatic carbocycles. The minimum atomic E-state index is 0.130. The van der Waals surface area contributed by atoms with Crippen LogP contribution in [-0.4, -0.2) is 31.2 Å². The van der Waals surface area contributed by atoms with E-state index in [4.69, 9.17) is 9.47 Å². The fourth-order valence-electron chi connectivity index (χ4n) is 2.83. The summed E-state index contributed by atoms with van der Waals surface area (Å²) in [5.74, 6) is 1.57. The summed E-state index contributed by atoms with van der Waals surface area (Å²) in [7, 11) is 3.84. The van der Waals surface area contributed by atoms with Gasteiger partial charge in [0.25, 0.3) is 0 Å². The van der Waals surface area contributed by atoms with Gasteiger partial charge in [-0.1, -0.05) is 30.3 Å². The normalized spacial score (nSPS) is 11.4. The number of nitrogens with zero attached hydrogens (tertiary/aromatic N) is 1. The van der Waals surface area contributed by atoms with Crippen molar-refractivity contribution in [2.45, 2.75) is 59.5 Å². The summed E-state index contributed by atoms with van der Waals surface area (Å²) in [6.07, 6.45) is 0.130. The van der Waals surface area contributed by atoms with Crippen LogP contribution in [0, 0.1) is 0 Å². The van der Waals surface area contributed by atoms with Crippen LogP contribution in [0.2, 0.25) is 0 Å². The van der Waals surface area contributed by atoms with Gasteiger partial charge >= 0.3 is 0 Å². The minimum absolute atomic E-state index is 0.130. The van der Waals surface area contributed by atoms with E-state index in [1.54, 1.807) is 7.11 Å². The van der Waals surface area contributed by atoms with Crippen molar-refractivity contribution in [3.05, 3.63) is 59.2 Å². The number of hydrogen-bond acceptors (Lipinski definition) is 4. The monoisotopic (exact) mass is 370 g/mol. The summed E-state index contributed by atoms with van der Waals surface area (Å²) < 4.78 is 11.2. The van der Waals surface area contributed by atoms with Crippen LogP contribution in [0.1, 0.15) is 44.4 Å². The Hall–Kier alpha value is -2.04. The molecule has 0 saturated heterocycles. The molecule has 0 bridgehead atoms. The summed E-state index contributed by atoms with van der Waals surface area (Å²) in [5, 5.41) is 3.52. The average Bonchev–Trinajstić information content (AvgIpc) is 2.62. The molecule has 0 aliphatic rings. The van der Waals surface area contributed by atoms with Gasteiger partial charge in [0, 0.05) is 25.7 Å². The number of benzene rings is 2. The lowest BCUT2D eigenvalue weighted by Gasteiger charge is -2.21. The van der Waals surface area contributed by atoms with Gasteiger partial charge in [0.2, 0.25) is 0 Å². The zero-order chi connectivity index (χ0) is 19.8. The molecule has 0 aromatic heterocycles. The first kappa shape index (κ1) is 21.3. The first-order valence-corrected chi connectivity index (χ1v) is 9.71. The van der Waals surface area contributed by atoms with E-state index in [-0.39, 0.29) is 6.10 Å². The summed E-state index contributed by atoms with van der Waals surface area (Å²) in [6, 6.07) is 15.4. The quantitative estimate of drug-likeness (QED) is 0.662. The van der Waals surface area contributed by atoms with E-state index in [1.807, 2.05) is 26.0 Å². The highest BCUT2D eigenvalue weighted by molar-refractivity contribution is 5.43. The lowest BCUT2D eigenvalue weighted by molar-refractivity contribution is 0.230. The van der Waals surface area contributed by atoms with Crippen molar-refractivity contribution in [2.75, 3.05) is 14.2 Å². The van der Waals surface area contributed by atoms with Gasteiger partial charge in [0.05, 0.1) is 13.2 Å². The molecule has 148 valence electrons. The van der Waals surface area contributed by atoms with Crippen molar-refractivity contribution >= 4 is 0 Å². The van der Waals surface area contributed by atoms with Crippen LogP contribution in [0.3, 0.4) is 0 Å². The molecule has 0 amide bonds. The van der Waals surface area contributed by atoms with Crippen molar-refractivity contribution in [3.63, 3.8) is 0 Å². The predicted molar refractivity (Wildman–Crippen MR) is 112 cm³/mol. The predicted octanol–water partition coefficient (Wildman–Crippen LogP) is 4.61. The first-order valence-electron chi connectivity index (χ1n) is 9.71. The smallest absolute Gasteiger partial charge is 0.161 e. The summed E-state index contributed by atoms with van der Waals surface area (Å²) in [4.78, 5) is 2.35. The van der Waals surface area contributed by atoms with Gasteiger partial charge in [-0.2, -0.15) is 0 Å². The summed E-state index contributed by atoms with van der Waals surface area (Å²) in [6.45, 7) is 11.1. The summed E-state index contributed by atoms with van der Waals surface area (Å²) >= 11 is 0. The van der Waals surface area contributed by atoms with Crippen LogP contribution < -0.4 is 14.8 Å². The van der Waals surface area contributed by atoms with E-state index in [0.29, 0.717) is 6.04 Å². The van der Waals surface area contributed by atoms with Crippen LogP contribution in [0.5, 0.6) is 11.5 Å². The Morgan fingerprint density at radius 1 is 0.889 bits per heavy atom. The van der Waals surface area contributed by atoms with Crippen LogP contribution in [0.25, 0.3) is 0 Å². The van der Waals surface area contributed by atoms with Crippen LogP contribution in [0.4, 0.5) is 0 Å². The lowest BCUT2D eigenvalue weighted by Crippen LogP contribution is -2.25. The third-order valence-electron chi connectivity index (χ3n) is 4.55. The molecule has 1 N–H and O–H groups in total. The van der Waals surface area contributed by atoms with Gasteiger partial charge in [-0.05, 0) is 63.6 Å². The second kappa shape index (κ2) is 10.3. The topological polar surface area (TPSA) is 33.7 Å². The molecule has 0 saturated carbocycles. The third-order valence-corrected chi connectivity index (χ3v) is 4.55. The molecular weight excluding hydrogens is 336 g/mol. The SMILES string of the molecule is COc1cc(CNCc2cccc(CN(C)C(C)C)c2)ccc1OC(C)C. The molecular formula is C23H34N2O2. The highest BCUT2D eigenvalue weighted by atomic mass is 16.5. The maximum atomic E-state index is 5.78. The summed E-state index contributed by atoms with van der Waals surface area (Å²) in [5.41, 5.74) is 3.83. The number of hydrogen-bond donors (Lipinski definition) is 1. The van der Waals surface area contributed by atoms with Crippen molar-refractivity contribution in [1.82, 2.24) is 10.2 Å². The van der Waals surface area contributed by atoms with Crippen molar-refractivity contribution in [3.8, 4) is 11.5 Å². The van der Waals surface area contributed by atoms with Crippen molar-refractivity contribution < 1.29 is 9.47 Å². The molecule has 0 spiro atoms. The van der Waals surface area contributed by atoms with Gasteiger partial charge in [-0.25, -0.2) is 0 Å². The average molecular weight is 371 g/mol. The maximum absolute atomic E-state index is 5.78. The van der Waals surface area contributed by atoms with Crippen LogP contribution in [-0.2, 0) is 19.6 Å². The van der Waals surface area contributed by atoms with Gasteiger partial charge in [-0.15, -0.1) is 0 Å². The second-order valence-corrected chi connectivity index (χ2v) is 7.58. The number of nitrogens with one attached hydrogen (secondary N) is 1. The molecule has 2 aromatic rings. The Bertz CT molecular complexity index is 713. The molecule has 0 heterocycles. The first-order chi connectivity index (χ1) is 12.9. The third kappa shape index (κ3) is 6.89. The Labute approximate surface area is 164 Å². The Kier molecular flexibility index (Phi) is 8.14. The standard InChI is InChI=1S/C23H34N2O2/c1-17(2)25(5)16-21-9-7-8-19(12-21)14-24-15-20-10-11-22(27-18(3)4)23(13-20)26-6/h7-13,17-18,24H,14-16H2,1-6H3. The molecule has 0 unspecified atom stereocenters. The number of methoxy groups -OCH3 is 1. The molecule has 2 aromatic carbocycles. The lowest BCUT2D eigenvalue weighted by atomic mass is 10.1. The zero-order valence-electron chi connectivity index (χ0n) is 17.6. The molecule has 0 fully saturated rings. The molecule has 27 heavy (non-hydrogen) atoms. The van der Waals surface area contributed by atoms with E-state index in [1.165, 1.54) is 16.7 Å². The van der Waals surface area contributed by atoms with Crippen molar-refractivity contribution in [2.24, 2.45) is 0 Å². The van der Waals surface area contributed by atoms with Gasteiger partial charge < -0.3 is 14.8 Å². The Morgan fingerprint density at radius 3 is 2.19 bits per heavy atom. The molecule has 4 heteroatoms. The van der Waals surface area contributed by atoms with Gasteiger partial charge in [0.1, 0.15) is 0 Å². The Balaban J connectivity index is 1.92. The maximum Gasteiger partial charge on any atom is 0.161 e. The highest BCUT2D eigenvalue weighted by Gasteiger charge is 2.08. The molecule has 4 nitrogen and oxygen atoms in total. The van der Waals surface area contributed by atoms with E-state index in [0.717, 1.165) is 31.1 Å². The highest BCUT2D eigenvalue weighted by Crippen LogP contribution is 2.29. The van der Waals surface area contributed by atoms with Crippen molar-refractivity contribution in [1.29, 1.82) is 0 Å². The van der Waals surface area contributed by atoms with Gasteiger partial charge in [0.15, 0.2) is 11.5 Å². The minimum Gasteiger partial charge on any atom is -0.493 e. The zero-order valence-corrected chi connectivity index (χ0v) is 17.6. The number of ether oxygens (including phenoxy) is 2. The van der Waals surface area contributed by atoms with E-state index in [9.17, 15) is 0 Å². The largest absolute Gasteiger partial charge is 0.493 e. The fourth-order valence-corrected chi connectivity index (χ4v) is 2.83.